The number of carbonyl (C=O) groups excluding carboxylic acids is 3. The first-order valence-corrected chi connectivity index (χ1v) is 31.9. The maximum Gasteiger partial charge on any atom is 0.306 e. The summed E-state index contributed by atoms with van der Waals surface area (Å²) in [6, 6.07) is 0. The second-order valence-electron chi connectivity index (χ2n) is 21.7. The summed E-state index contributed by atoms with van der Waals surface area (Å²) in [5.41, 5.74) is 0. The summed E-state index contributed by atoms with van der Waals surface area (Å²) in [6.45, 7) is 6.68. The number of hydrogen-bond acceptors (Lipinski definition) is 6. The van der Waals surface area contributed by atoms with Gasteiger partial charge in [-0.3, -0.25) is 14.4 Å². The van der Waals surface area contributed by atoms with Crippen LogP contribution in [-0.2, 0) is 28.6 Å². The van der Waals surface area contributed by atoms with Crippen molar-refractivity contribution in [3.63, 3.8) is 0 Å². The number of ether oxygens (including phenoxy) is 3. The van der Waals surface area contributed by atoms with Gasteiger partial charge in [-0.1, -0.05) is 315 Å². The van der Waals surface area contributed by atoms with Crippen molar-refractivity contribution in [2.75, 3.05) is 13.2 Å². The molecule has 71 heavy (non-hydrogen) atoms. The number of esters is 3. The summed E-state index contributed by atoms with van der Waals surface area (Å²) in [4.78, 5) is 38.3. The molecule has 6 nitrogen and oxygen atoms in total. The molecule has 0 fully saturated rings. The van der Waals surface area contributed by atoms with Gasteiger partial charge in [0.1, 0.15) is 13.2 Å². The van der Waals surface area contributed by atoms with Gasteiger partial charge in [0.15, 0.2) is 6.10 Å². The van der Waals surface area contributed by atoms with E-state index in [9.17, 15) is 14.4 Å². The average molecular weight is 1000 g/mol. The molecular weight excluding hydrogens is 877 g/mol. The Hall–Kier alpha value is -2.11. The molecule has 0 bridgehead atoms. The average Bonchev–Trinajstić information content (AvgIpc) is 3.37. The SMILES string of the molecule is CCCCCCCCC/C=C\C=C/CCCCCC(=O)OCC(COC(=O)CCCCCCCCCCCCCCCCCCCCC)OC(=O)CCCCCCCCCCCCCCCCCCCC. The molecule has 0 spiro atoms. The zero-order valence-electron chi connectivity index (χ0n) is 48.0. The Morgan fingerprint density at radius 3 is 0.761 bits per heavy atom. The third kappa shape index (κ3) is 58.7. The highest BCUT2D eigenvalue weighted by Gasteiger charge is 2.19. The smallest absolute Gasteiger partial charge is 0.306 e. The van der Waals surface area contributed by atoms with Crippen LogP contribution in [0.3, 0.4) is 0 Å². The van der Waals surface area contributed by atoms with Crippen molar-refractivity contribution in [1.82, 2.24) is 0 Å². The summed E-state index contributed by atoms with van der Waals surface area (Å²) in [5, 5.41) is 0. The van der Waals surface area contributed by atoms with E-state index in [0.717, 1.165) is 70.6 Å². The Labute approximate surface area is 443 Å². The minimum Gasteiger partial charge on any atom is -0.462 e. The van der Waals surface area contributed by atoms with Gasteiger partial charge in [0.25, 0.3) is 0 Å². The predicted molar refractivity (Wildman–Crippen MR) is 307 cm³/mol. The first kappa shape index (κ1) is 68.9. The van der Waals surface area contributed by atoms with Gasteiger partial charge in [-0.25, -0.2) is 0 Å². The van der Waals surface area contributed by atoms with Crippen molar-refractivity contribution in [3.05, 3.63) is 24.3 Å². The molecule has 1 unspecified atom stereocenters. The number of rotatable bonds is 59. The Kier molecular flexibility index (Phi) is 58.6. The van der Waals surface area contributed by atoms with Crippen molar-refractivity contribution in [3.8, 4) is 0 Å². The van der Waals surface area contributed by atoms with Crippen LogP contribution in [-0.4, -0.2) is 37.2 Å². The van der Waals surface area contributed by atoms with E-state index in [4.69, 9.17) is 14.2 Å². The first-order chi connectivity index (χ1) is 35.0. The van der Waals surface area contributed by atoms with E-state index < -0.39 is 6.10 Å². The van der Waals surface area contributed by atoms with Crippen LogP contribution in [0.4, 0.5) is 0 Å². The van der Waals surface area contributed by atoms with E-state index in [2.05, 4.69) is 45.1 Å². The molecule has 0 rings (SSSR count). The zero-order chi connectivity index (χ0) is 51.4. The van der Waals surface area contributed by atoms with Gasteiger partial charge in [0.2, 0.25) is 0 Å². The van der Waals surface area contributed by atoms with Crippen LogP contribution in [0.25, 0.3) is 0 Å². The molecule has 0 heterocycles. The van der Waals surface area contributed by atoms with Crippen molar-refractivity contribution in [1.29, 1.82) is 0 Å². The molecule has 1 atom stereocenters. The lowest BCUT2D eigenvalue weighted by Gasteiger charge is -2.18. The molecule has 0 saturated carbocycles. The topological polar surface area (TPSA) is 78.9 Å². The van der Waals surface area contributed by atoms with Gasteiger partial charge in [-0.2, -0.15) is 0 Å². The maximum atomic E-state index is 12.9. The van der Waals surface area contributed by atoms with Crippen molar-refractivity contribution >= 4 is 17.9 Å². The van der Waals surface area contributed by atoms with Crippen LogP contribution in [0, 0.1) is 0 Å². The highest BCUT2D eigenvalue weighted by molar-refractivity contribution is 5.71. The lowest BCUT2D eigenvalue weighted by atomic mass is 10.0. The molecule has 0 radical (unpaired) electrons. The fourth-order valence-corrected chi connectivity index (χ4v) is 9.67. The molecule has 0 aliphatic heterocycles. The molecule has 0 saturated heterocycles. The first-order valence-electron chi connectivity index (χ1n) is 31.9. The van der Waals surface area contributed by atoms with Crippen LogP contribution in [0.5, 0.6) is 0 Å². The number of hydrogen-bond donors (Lipinski definition) is 0. The highest BCUT2D eigenvalue weighted by Crippen LogP contribution is 2.18. The largest absolute Gasteiger partial charge is 0.462 e. The van der Waals surface area contributed by atoms with Gasteiger partial charge < -0.3 is 14.2 Å². The van der Waals surface area contributed by atoms with Crippen LogP contribution in [0.1, 0.15) is 355 Å². The Morgan fingerprint density at radius 2 is 0.493 bits per heavy atom. The fourth-order valence-electron chi connectivity index (χ4n) is 9.67. The third-order valence-corrected chi connectivity index (χ3v) is 14.5. The molecule has 418 valence electrons. The van der Waals surface area contributed by atoms with E-state index in [1.165, 1.54) is 244 Å². The van der Waals surface area contributed by atoms with Gasteiger partial charge in [-0.15, -0.1) is 0 Å². The second-order valence-corrected chi connectivity index (χ2v) is 21.7. The quantitative estimate of drug-likeness (QED) is 0.0261. The van der Waals surface area contributed by atoms with Gasteiger partial charge in [0, 0.05) is 19.3 Å². The van der Waals surface area contributed by atoms with Crippen molar-refractivity contribution in [2.24, 2.45) is 0 Å². The summed E-state index contributed by atoms with van der Waals surface area (Å²) in [5.74, 6) is -0.873. The van der Waals surface area contributed by atoms with E-state index in [-0.39, 0.29) is 31.1 Å². The molecule has 0 aliphatic rings. The lowest BCUT2D eigenvalue weighted by molar-refractivity contribution is -0.167. The summed E-state index contributed by atoms with van der Waals surface area (Å²) >= 11 is 0. The number of allylic oxidation sites excluding steroid dienone is 4. The van der Waals surface area contributed by atoms with E-state index in [1.807, 2.05) is 0 Å². The summed E-state index contributed by atoms with van der Waals surface area (Å²) in [7, 11) is 0. The highest BCUT2D eigenvalue weighted by atomic mass is 16.6. The Bertz CT molecular complexity index is 1150. The van der Waals surface area contributed by atoms with Gasteiger partial charge >= 0.3 is 17.9 Å². The van der Waals surface area contributed by atoms with Crippen LogP contribution >= 0.6 is 0 Å². The van der Waals surface area contributed by atoms with Gasteiger partial charge in [0.05, 0.1) is 0 Å². The van der Waals surface area contributed by atoms with Crippen molar-refractivity contribution < 1.29 is 28.6 Å². The van der Waals surface area contributed by atoms with Crippen LogP contribution in [0.2, 0.25) is 0 Å². The van der Waals surface area contributed by atoms with E-state index in [0.29, 0.717) is 19.3 Å². The fraction of sp³-hybridized carbons (Fsp3) is 0.892. The predicted octanol–water partition coefficient (Wildman–Crippen LogP) is 21.4. The van der Waals surface area contributed by atoms with E-state index in [1.54, 1.807) is 0 Å². The molecule has 0 aliphatic carbocycles. The molecule has 0 aromatic rings. The van der Waals surface area contributed by atoms with Crippen molar-refractivity contribution in [2.45, 2.75) is 361 Å². The number of carbonyl (C=O) groups is 3. The summed E-state index contributed by atoms with van der Waals surface area (Å²) in [6.07, 6.45) is 71.8. The van der Waals surface area contributed by atoms with Crippen LogP contribution in [0.15, 0.2) is 24.3 Å². The third-order valence-electron chi connectivity index (χ3n) is 14.5. The van der Waals surface area contributed by atoms with Crippen LogP contribution < -0.4 is 0 Å². The Morgan fingerprint density at radius 1 is 0.282 bits per heavy atom. The Balaban J connectivity index is 4.34. The molecular formula is C65H122O6. The molecule has 0 aromatic heterocycles. The lowest BCUT2D eigenvalue weighted by Crippen LogP contribution is -2.30. The molecule has 0 amide bonds. The molecule has 6 heteroatoms. The monoisotopic (exact) mass is 999 g/mol. The maximum absolute atomic E-state index is 12.9. The molecule has 0 aromatic carbocycles. The standard InChI is InChI=1S/C65H122O6/c1-4-7-10-13-16-19-22-25-28-31-33-35-37-40-43-46-49-52-55-58-64(67)70-61-62(60-69-63(66)57-54-51-48-45-42-39-36-30-27-24-21-18-15-12-9-6-3)71-65(68)59-56-53-50-47-44-41-38-34-32-29-26-23-20-17-14-11-8-5-2/h30,36,39,42,62H,4-29,31-35,37-38,40-41,43-61H2,1-3H3/b36-30-,42-39-. The minimum absolute atomic E-state index is 0.0735. The molecule has 0 N–H and O–H groups in total. The minimum atomic E-state index is -0.778. The summed E-state index contributed by atoms with van der Waals surface area (Å²) < 4.78 is 16.9. The second kappa shape index (κ2) is 60.4. The zero-order valence-corrected chi connectivity index (χ0v) is 48.0. The number of unbranched alkanes of at least 4 members (excludes halogenated alkanes) is 45. The van der Waals surface area contributed by atoms with E-state index >= 15 is 0 Å². The normalized spacial score (nSPS) is 12.1. The van der Waals surface area contributed by atoms with Gasteiger partial charge in [-0.05, 0) is 44.9 Å².